The summed E-state index contributed by atoms with van der Waals surface area (Å²) in [7, 11) is 0. The van der Waals surface area contributed by atoms with Crippen LogP contribution in [0.4, 0.5) is 0 Å². The summed E-state index contributed by atoms with van der Waals surface area (Å²) in [5, 5.41) is 1.10. The van der Waals surface area contributed by atoms with Crippen molar-refractivity contribution in [2.45, 2.75) is 12.5 Å². The third-order valence-electron chi connectivity index (χ3n) is 3.56. The number of furan rings is 1. The number of benzene rings is 2. The standard InChI is InChI=1S/C18H17NO.ClH/c1-13(11-17(19)14-7-3-2-4-8-14)16-12-20-18-10-6-5-9-15(16)18;/h2-10,12,17H,1,11,19H2;1H. The van der Waals surface area contributed by atoms with E-state index in [9.17, 15) is 0 Å². The van der Waals surface area contributed by atoms with Crippen molar-refractivity contribution >= 4 is 28.9 Å². The van der Waals surface area contributed by atoms with Crippen LogP contribution in [0, 0.1) is 0 Å². The van der Waals surface area contributed by atoms with Crippen LogP contribution in [0.2, 0.25) is 0 Å². The van der Waals surface area contributed by atoms with Gasteiger partial charge in [-0.15, -0.1) is 12.4 Å². The van der Waals surface area contributed by atoms with Gasteiger partial charge in [-0.2, -0.15) is 0 Å². The third kappa shape index (κ3) is 3.18. The van der Waals surface area contributed by atoms with Crippen LogP contribution in [0.1, 0.15) is 23.6 Å². The van der Waals surface area contributed by atoms with Gasteiger partial charge in [-0.1, -0.05) is 55.1 Å². The highest BCUT2D eigenvalue weighted by atomic mass is 35.5. The van der Waals surface area contributed by atoms with Gasteiger partial charge in [0.25, 0.3) is 0 Å². The minimum atomic E-state index is -0.0441. The number of rotatable bonds is 4. The van der Waals surface area contributed by atoms with E-state index >= 15 is 0 Å². The number of hydrogen-bond acceptors (Lipinski definition) is 2. The fourth-order valence-electron chi connectivity index (χ4n) is 2.45. The first-order valence-electron chi connectivity index (χ1n) is 6.70. The molecule has 0 saturated heterocycles. The maximum Gasteiger partial charge on any atom is 0.134 e. The van der Waals surface area contributed by atoms with Gasteiger partial charge in [-0.05, 0) is 23.6 Å². The molecule has 1 aromatic heterocycles. The average molecular weight is 300 g/mol. The van der Waals surface area contributed by atoms with Crippen molar-refractivity contribution in [1.29, 1.82) is 0 Å². The Kier molecular flexibility index (Phi) is 4.84. The van der Waals surface area contributed by atoms with Crippen LogP contribution in [0.3, 0.4) is 0 Å². The molecule has 0 bridgehead atoms. The highest BCUT2D eigenvalue weighted by molar-refractivity contribution is 5.90. The summed E-state index contributed by atoms with van der Waals surface area (Å²) in [6.45, 7) is 4.17. The van der Waals surface area contributed by atoms with E-state index in [1.807, 2.05) is 54.6 Å². The maximum atomic E-state index is 6.25. The van der Waals surface area contributed by atoms with E-state index in [0.717, 1.165) is 27.7 Å². The Hall–Kier alpha value is -2.03. The van der Waals surface area contributed by atoms with E-state index in [4.69, 9.17) is 10.2 Å². The molecule has 3 aromatic rings. The lowest BCUT2D eigenvalue weighted by molar-refractivity contribution is 0.614. The number of hydrogen-bond donors (Lipinski definition) is 1. The highest BCUT2D eigenvalue weighted by Gasteiger charge is 2.12. The van der Waals surface area contributed by atoms with E-state index in [0.29, 0.717) is 6.42 Å². The van der Waals surface area contributed by atoms with E-state index in [1.54, 1.807) is 6.26 Å². The maximum absolute atomic E-state index is 6.25. The fraction of sp³-hybridized carbons (Fsp3) is 0.111. The van der Waals surface area contributed by atoms with Gasteiger partial charge in [0, 0.05) is 17.0 Å². The Bertz CT molecular complexity index is 733. The summed E-state index contributed by atoms with van der Waals surface area (Å²) in [6, 6.07) is 18.0. The van der Waals surface area contributed by atoms with Crippen molar-refractivity contribution in [3.63, 3.8) is 0 Å². The van der Waals surface area contributed by atoms with Crippen molar-refractivity contribution in [2.24, 2.45) is 5.73 Å². The first-order valence-corrected chi connectivity index (χ1v) is 6.70. The molecule has 3 rings (SSSR count). The molecule has 0 amide bonds. The van der Waals surface area contributed by atoms with Crippen LogP contribution in [-0.2, 0) is 0 Å². The number of fused-ring (bicyclic) bond motifs is 1. The van der Waals surface area contributed by atoms with Gasteiger partial charge < -0.3 is 10.2 Å². The zero-order valence-electron chi connectivity index (χ0n) is 11.7. The zero-order valence-corrected chi connectivity index (χ0v) is 12.5. The molecule has 0 aliphatic rings. The van der Waals surface area contributed by atoms with Crippen molar-refractivity contribution in [3.8, 4) is 0 Å². The van der Waals surface area contributed by atoms with Crippen LogP contribution >= 0.6 is 12.4 Å². The molecule has 0 fully saturated rings. The van der Waals surface area contributed by atoms with E-state index < -0.39 is 0 Å². The minimum Gasteiger partial charge on any atom is -0.464 e. The van der Waals surface area contributed by atoms with Gasteiger partial charge in [0.15, 0.2) is 0 Å². The molecule has 1 heterocycles. The number of nitrogens with two attached hydrogens (primary N) is 1. The van der Waals surface area contributed by atoms with E-state index in [-0.39, 0.29) is 18.4 Å². The molecule has 1 unspecified atom stereocenters. The second-order valence-electron chi connectivity index (χ2n) is 4.97. The molecule has 0 spiro atoms. The summed E-state index contributed by atoms with van der Waals surface area (Å²) >= 11 is 0. The predicted molar refractivity (Wildman–Crippen MR) is 90.5 cm³/mol. The van der Waals surface area contributed by atoms with E-state index in [2.05, 4.69) is 6.58 Å². The molecule has 0 radical (unpaired) electrons. The second kappa shape index (κ2) is 6.61. The van der Waals surface area contributed by atoms with Gasteiger partial charge in [-0.25, -0.2) is 0 Å². The van der Waals surface area contributed by atoms with Gasteiger partial charge in [0.05, 0.1) is 6.26 Å². The normalized spacial score (nSPS) is 11.9. The lowest BCUT2D eigenvalue weighted by Crippen LogP contribution is -2.10. The largest absolute Gasteiger partial charge is 0.464 e. The fourth-order valence-corrected chi connectivity index (χ4v) is 2.45. The summed E-state index contributed by atoms with van der Waals surface area (Å²) in [5.74, 6) is 0. The SMILES string of the molecule is C=C(CC(N)c1ccccc1)c1coc2ccccc12.Cl. The molecule has 2 nitrogen and oxygen atoms in total. The van der Waals surface area contributed by atoms with Crippen LogP contribution in [0.25, 0.3) is 16.5 Å². The Morgan fingerprint density at radius 2 is 1.71 bits per heavy atom. The predicted octanol–water partition coefficient (Wildman–Crippen LogP) is 4.96. The Morgan fingerprint density at radius 1 is 1.05 bits per heavy atom. The number of halogens is 1. The summed E-state index contributed by atoms with van der Waals surface area (Å²) in [6.07, 6.45) is 2.48. The molecule has 2 aromatic carbocycles. The first kappa shape index (κ1) is 15.4. The van der Waals surface area contributed by atoms with Gasteiger partial charge in [-0.3, -0.25) is 0 Å². The summed E-state index contributed by atoms with van der Waals surface area (Å²) in [4.78, 5) is 0. The molecule has 0 aliphatic heterocycles. The number of para-hydroxylation sites is 1. The quantitative estimate of drug-likeness (QED) is 0.739. The third-order valence-corrected chi connectivity index (χ3v) is 3.56. The minimum absolute atomic E-state index is 0. The van der Waals surface area contributed by atoms with Gasteiger partial charge in [0.2, 0.25) is 0 Å². The molecule has 0 aliphatic carbocycles. The van der Waals surface area contributed by atoms with E-state index in [1.165, 1.54) is 0 Å². The average Bonchev–Trinajstić information content (AvgIpc) is 2.92. The van der Waals surface area contributed by atoms with Crippen molar-refractivity contribution in [2.75, 3.05) is 0 Å². The van der Waals surface area contributed by atoms with Crippen LogP contribution in [0.15, 0.2) is 71.9 Å². The molecule has 0 saturated carbocycles. The van der Waals surface area contributed by atoms with Crippen LogP contribution in [0.5, 0.6) is 0 Å². The highest BCUT2D eigenvalue weighted by Crippen LogP contribution is 2.31. The molecule has 1 atom stereocenters. The molecular weight excluding hydrogens is 282 g/mol. The first-order chi connectivity index (χ1) is 9.75. The topological polar surface area (TPSA) is 39.2 Å². The smallest absolute Gasteiger partial charge is 0.134 e. The molecule has 2 N–H and O–H groups in total. The van der Waals surface area contributed by atoms with Crippen LogP contribution in [-0.4, -0.2) is 0 Å². The van der Waals surface area contributed by atoms with Crippen molar-refractivity contribution in [1.82, 2.24) is 0 Å². The van der Waals surface area contributed by atoms with Crippen molar-refractivity contribution in [3.05, 3.63) is 78.6 Å². The summed E-state index contributed by atoms with van der Waals surface area (Å²) < 4.78 is 5.56. The second-order valence-corrected chi connectivity index (χ2v) is 4.97. The van der Waals surface area contributed by atoms with Crippen LogP contribution < -0.4 is 5.73 Å². The monoisotopic (exact) mass is 299 g/mol. The van der Waals surface area contributed by atoms with Crippen molar-refractivity contribution < 1.29 is 4.42 Å². The van der Waals surface area contributed by atoms with Gasteiger partial charge in [0.1, 0.15) is 5.58 Å². The zero-order chi connectivity index (χ0) is 13.9. The van der Waals surface area contributed by atoms with Gasteiger partial charge >= 0.3 is 0 Å². The molecular formula is C18H18ClNO. The summed E-state index contributed by atoms with van der Waals surface area (Å²) in [5.41, 5.74) is 10.3. The Labute approximate surface area is 130 Å². The Morgan fingerprint density at radius 3 is 2.48 bits per heavy atom. The lowest BCUT2D eigenvalue weighted by atomic mass is 9.96. The lowest BCUT2D eigenvalue weighted by Gasteiger charge is -2.13. The molecule has 3 heteroatoms. The Balaban J connectivity index is 0.00000161. The molecule has 21 heavy (non-hydrogen) atoms. The molecule has 108 valence electrons.